The van der Waals surface area contributed by atoms with E-state index in [4.69, 9.17) is 4.74 Å². The van der Waals surface area contributed by atoms with Crippen molar-refractivity contribution >= 4 is 12.1 Å². The quantitative estimate of drug-likeness (QED) is 0.755. The molecule has 6 heteroatoms. The molecule has 122 valence electrons. The van der Waals surface area contributed by atoms with Gasteiger partial charge >= 0.3 is 12.1 Å². The molecule has 1 fully saturated rings. The van der Waals surface area contributed by atoms with Crippen LogP contribution >= 0.6 is 0 Å². The molecular formula is C15H28N2O4. The Labute approximate surface area is 127 Å². The van der Waals surface area contributed by atoms with E-state index in [2.05, 4.69) is 28.8 Å². The van der Waals surface area contributed by atoms with E-state index in [0.29, 0.717) is 31.4 Å². The van der Waals surface area contributed by atoms with E-state index in [9.17, 15) is 9.59 Å². The number of nitrogens with zero attached hydrogens (tertiary/aromatic N) is 1. The van der Waals surface area contributed by atoms with Crippen LogP contribution in [0.2, 0.25) is 0 Å². The highest BCUT2D eigenvalue weighted by atomic mass is 16.5. The SMILES string of the molecule is CCOC(=O)NC1CC(C(C)C)CN(CCC(=O)OC)C1. The highest BCUT2D eigenvalue weighted by molar-refractivity contribution is 5.69. The number of hydrogen-bond acceptors (Lipinski definition) is 5. The van der Waals surface area contributed by atoms with Crippen molar-refractivity contribution in [3.8, 4) is 0 Å². The standard InChI is InChI=1S/C15H28N2O4/c1-5-21-15(19)16-13-8-12(11(2)3)9-17(10-13)7-6-14(18)20-4/h11-13H,5-10H2,1-4H3,(H,16,19). The Morgan fingerprint density at radius 2 is 2.05 bits per heavy atom. The van der Waals surface area contributed by atoms with Crippen molar-refractivity contribution in [1.82, 2.24) is 10.2 Å². The van der Waals surface area contributed by atoms with Gasteiger partial charge in [-0.15, -0.1) is 0 Å². The molecular weight excluding hydrogens is 272 g/mol. The molecule has 1 heterocycles. The fourth-order valence-corrected chi connectivity index (χ4v) is 2.69. The number of carbonyl (C=O) groups excluding carboxylic acids is 2. The van der Waals surface area contributed by atoms with Crippen LogP contribution in [0.1, 0.15) is 33.6 Å². The summed E-state index contributed by atoms with van der Waals surface area (Å²) in [6.07, 6.45) is 0.971. The number of ether oxygens (including phenoxy) is 2. The Balaban J connectivity index is 2.55. The van der Waals surface area contributed by atoms with Crippen LogP contribution in [-0.2, 0) is 14.3 Å². The minimum Gasteiger partial charge on any atom is -0.469 e. The number of amides is 1. The predicted molar refractivity (Wildman–Crippen MR) is 80.0 cm³/mol. The van der Waals surface area contributed by atoms with Crippen LogP contribution in [0.25, 0.3) is 0 Å². The van der Waals surface area contributed by atoms with Gasteiger partial charge in [-0.3, -0.25) is 4.79 Å². The average molecular weight is 300 g/mol. The first-order chi connectivity index (χ1) is 9.96. The van der Waals surface area contributed by atoms with Gasteiger partial charge in [0.05, 0.1) is 20.1 Å². The molecule has 0 aromatic rings. The summed E-state index contributed by atoms with van der Waals surface area (Å²) in [5.41, 5.74) is 0. The molecule has 1 saturated heterocycles. The lowest BCUT2D eigenvalue weighted by molar-refractivity contribution is -0.141. The summed E-state index contributed by atoms with van der Waals surface area (Å²) in [7, 11) is 1.40. The lowest BCUT2D eigenvalue weighted by atomic mass is 9.85. The zero-order chi connectivity index (χ0) is 15.8. The van der Waals surface area contributed by atoms with Crippen molar-refractivity contribution in [2.24, 2.45) is 11.8 Å². The number of nitrogens with one attached hydrogen (secondary N) is 1. The molecule has 1 N–H and O–H groups in total. The second-order valence-corrected chi connectivity index (χ2v) is 5.89. The Morgan fingerprint density at radius 3 is 2.62 bits per heavy atom. The van der Waals surface area contributed by atoms with E-state index in [1.54, 1.807) is 6.92 Å². The Kier molecular flexibility index (Phi) is 7.50. The monoisotopic (exact) mass is 300 g/mol. The molecule has 6 nitrogen and oxygen atoms in total. The first-order valence-corrected chi connectivity index (χ1v) is 7.68. The van der Waals surface area contributed by atoms with E-state index < -0.39 is 0 Å². The number of esters is 1. The summed E-state index contributed by atoms with van der Waals surface area (Å²) in [6.45, 7) is 8.91. The third-order valence-electron chi connectivity index (χ3n) is 3.96. The third-order valence-corrected chi connectivity index (χ3v) is 3.96. The second-order valence-electron chi connectivity index (χ2n) is 5.89. The highest BCUT2D eigenvalue weighted by Crippen LogP contribution is 2.24. The van der Waals surface area contributed by atoms with E-state index in [0.717, 1.165) is 19.5 Å². The van der Waals surface area contributed by atoms with E-state index in [-0.39, 0.29) is 18.1 Å². The summed E-state index contributed by atoms with van der Waals surface area (Å²) in [6, 6.07) is 0.0721. The van der Waals surface area contributed by atoms with Gasteiger partial charge in [0.2, 0.25) is 0 Å². The molecule has 1 aliphatic heterocycles. The summed E-state index contributed by atoms with van der Waals surface area (Å²) >= 11 is 0. The molecule has 0 spiro atoms. The predicted octanol–water partition coefficient (Wildman–Crippen LogP) is 1.64. The number of likely N-dealkylation sites (tertiary alicyclic amines) is 1. The smallest absolute Gasteiger partial charge is 0.407 e. The highest BCUT2D eigenvalue weighted by Gasteiger charge is 2.30. The minimum absolute atomic E-state index is 0.0721. The zero-order valence-corrected chi connectivity index (χ0v) is 13.6. The minimum atomic E-state index is -0.361. The maximum atomic E-state index is 11.6. The first-order valence-electron chi connectivity index (χ1n) is 7.68. The molecule has 0 saturated carbocycles. The van der Waals surface area contributed by atoms with Gasteiger partial charge in [-0.1, -0.05) is 13.8 Å². The molecule has 0 aliphatic carbocycles. The number of piperidine rings is 1. The van der Waals surface area contributed by atoms with Crippen molar-refractivity contribution in [2.75, 3.05) is 33.4 Å². The average Bonchev–Trinajstić information content (AvgIpc) is 2.44. The molecule has 1 rings (SSSR count). The van der Waals surface area contributed by atoms with E-state index in [1.807, 2.05) is 0 Å². The van der Waals surface area contributed by atoms with Gasteiger partial charge in [0.25, 0.3) is 0 Å². The molecule has 0 aromatic carbocycles. The van der Waals surface area contributed by atoms with Gasteiger partial charge in [-0.2, -0.15) is 0 Å². The molecule has 1 aliphatic rings. The van der Waals surface area contributed by atoms with Crippen molar-refractivity contribution in [3.63, 3.8) is 0 Å². The zero-order valence-electron chi connectivity index (χ0n) is 13.6. The van der Waals surface area contributed by atoms with Gasteiger partial charge in [-0.05, 0) is 25.2 Å². The van der Waals surface area contributed by atoms with Crippen LogP contribution in [0.5, 0.6) is 0 Å². The maximum Gasteiger partial charge on any atom is 0.407 e. The molecule has 2 unspecified atom stereocenters. The van der Waals surface area contributed by atoms with Gasteiger partial charge in [0, 0.05) is 25.7 Å². The van der Waals surface area contributed by atoms with Crippen LogP contribution in [-0.4, -0.2) is 56.4 Å². The van der Waals surface area contributed by atoms with Crippen molar-refractivity contribution in [2.45, 2.75) is 39.7 Å². The van der Waals surface area contributed by atoms with Crippen molar-refractivity contribution in [3.05, 3.63) is 0 Å². The van der Waals surface area contributed by atoms with E-state index in [1.165, 1.54) is 7.11 Å². The maximum absolute atomic E-state index is 11.6. The van der Waals surface area contributed by atoms with Crippen LogP contribution in [0.3, 0.4) is 0 Å². The van der Waals surface area contributed by atoms with Crippen LogP contribution < -0.4 is 5.32 Å². The third kappa shape index (κ3) is 6.33. The van der Waals surface area contributed by atoms with Gasteiger partial charge in [0.15, 0.2) is 0 Å². The van der Waals surface area contributed by atoms with Crippen LogP contribution in [0, 0.1) is 11.8 Å². The van der Waals surface area contributed by atoms with Crippen molar-refractivity contribution < 1.29 is 19.1 Å². The lowest BCUT2D eigenvalue weighted by Gasteiger charge is -2.39. The summed E-state index contributed by atoms with van der Waals surface area (Å²) in [4.78, 5) is 25.1. The molecule has 2 atom stereocenters. The number of methoxy groups -OCH3 is 1. The summed E-state index contributed by atoms with van der Waals surface area (Å²) in [5, 5.41) is 2.92. The van der Waals surface area contributed by atoms with Crippen LogP contribution in [0.15, 0.2) is 0 Å². The number of rotatable bonds is 6. The Bertz CT molecular complexity index is 347. The fourth-order valence-electron chi connectivity index (χ4n) is 2.69. The summed E-state index contributed by atoms with van der Waals surface area (Å²) in [5.74, 6) is 0.845. The molecule has 0 radical (unpaired) electrons. The fraction of sp³-hybridized carbons (Fsp3) is 0.867. The Hall–Kier alpha value is -1.30. The second kappa shape index (κ2) is 8.87. The number of hydrogen-bond donors (Lipinski definition) is 1. The summed E-state index contributed by atoms with van der Waals surface area (Å²) < 4.78 is 9.63. The number of carbonyl (C=O) groups is 2. The number of alkyl carbamates (subject to hydrolysis) is 1. The molecule has 0 aromatic heterocycles. The van der Waals surface area contributed by atoms with Gasteiger partial charge < -0.3 is 19.7 Å². The Morgan fingerprint density at radius 1 is 1.33 bits per heavy atom. The molecule has 1 amide bonds. The molecule has 21 heavy (non-hydrogen) atoms. The normalized spacial score (nSPS) is 22.9. The van der Waals surface area contributed by atoms with Crippen molar-refractivity contribution in [1.29, 1.82) is 0 Å². The van der Waals surface area contributed by atoms with Crippen LogP contribution in [0.4, 0.5) is 4.79 Å². The molecule has 0 bridgehead atoms. The first kappa shape index (κ1) is 17.8. The van der Waals surface area contributed by atoms with E-state index >= 15 is 0 Å². The lowest BCUT2D eigenvalue weighted by Crippen LogP contribution is -2.52. The largest absolute Gasteiger partial charge is 0.469 e. The van der Waals surface area contributed by atoms with Gasteiger partial charge in [-0.25, -0.2) is 4.79 Å². The van der Waals surface area contributed by atoms with Gasteiger partial charge in [0.1, 0.15) is 0 Å². The topological polar surface area (TPSA) is 67.9 Å².